The average molecular weight is 238 g/mol. The Morgan fingerprint density at radius 3 is 2.76 bits per heavy atom. The molecule has 0 saturated heterocycles. The first kappa shape index (κ1) is 11.3. The van der Waals surface area contributed by atoms with E-state index in [9.17, 15) is 13.6 Å². The number of carbonyl (C=O) groups is 1. The second kappa shape index (κ2) is 4.32. The van der Waals surface area contributed by atoms with Gasteiger partial charge in [0.15, 0.2) is 5.89 Å². The number of hydrogen-bond donors (Lipinski definition) is 1. The van der Waals surface area contributed by atoms with Gasteiger partial charge in [-0.1, -0.05) is 0 Å². The maximum absolute atomic E-state index is 13.2. The van der Waals surface area contributed by atoms with E-state index in [1.54, 1.807) is 6.92 Å². The smallest absolute Gasteiger partial charge is 0.293 e. The van der Waals surface area contributed by atoms with Gasteiger partial charge >= 0.3 is 0 Å². The van der Waals surface area contributed by atoms with E-state index in [0.29, 0.717) is 12.0 Å². The molecule has 2 rings (SSSR count). The molecule has 0 aliphatic rings. The lowest BCUT2D eigenvalue weighted by molar-refractivity contribution is 0.0995. The molecule has 2 aromatic rings. The highest BCUT2D eigenvalue weighted by Crippen LogP contribution is 2.16. The van der Waals surface area contributed by atoms with Gasteiger partial charge in [-0.2, -0.15) is 0 Å². The van der Waals surface area contributed by atoms with Crippen LogP contribution in [-0.4, -0.2) is 10.9 Å². The molecule has 0 unspecified atom stereocenters. The van der Waals surface area contributed by atoms with Gasteiger partial charge in [0.05, 0.1) is 11.9 Å². The van der Waals surface area contributed by atoms with Crippen LogP contribution in [0.3, 0.4) is 0 Å². The Hall–Kier alpha value is -2.24. The summed E-state index contributed by atoms with van der Waals surface area (Å²) in [5.74, 6) is -1.91. The molecule has 0 atom stereocenters. The molecule has 0 saturated carbocycles. The summed E-state index contributed by atoms with van der Waals surface area (Å²) in [6.45, 7) is 1.58. The van der Waals surface area contributed by atoms with Gasteiger partial charge in [0, 0.05) is 13.0 Å². The first-order valence-electron chi connectivity index (χ1n) is 4.75. The monoisotopic (exact) mass is 238 g/mol. The Bertz CT molecular complexity index is 566. The van der Waals surface area contributed by atoms with E-state index < -0.39 is 17.5 Å². The van der Waals surface area contributed by atoms with E-state index in [1.165, 1.54) is 6.20 Å². The molecule has 1 aromatic carbocycles. The van der Waals surface area contributed by atoms with Crippen LogP contribution in [0.4, 0.5) is 14.5 Å². The molecule has 1 heterocycles. The predicted molar refractivity (Wildman–Crippen MR) is 55.6 cm³/mol. The number of oxazole rings is 1. The molecule has 0 fully saturated rings. The van der Waals surface area contributed by atoms with E-state index in [0.717, 1.165) is 12.1 Å². The zero-order chi connectivity index (χ0) is 12.4. The quantitative estimate of drug-likeness (QED) is 0.874. The standard InChI is InChI=1S/C11H8F2N2O2/c1-6-14-5-10(17-6)11(16)15-9-3-2-7(12)4-8(9)13/h2-5H,1H3,(H,15,16). The number of amides is 1. The minimum atomic E-state index is -0.852. The fourth-order valence-corrected chi connectivity index (χ4v) is 1.24. The minimum Gasteiger partial charge on any atom is -0.436 e. The second-order valence-electron chi connectivity index (χ2n) is 3.32. The Labute approximate surface area is 95.3 Å². The molecular weight excluding hydrogens is 230 g/mol. The normalized spacial score (nSPS) is 10.3. The van der Waals surface area contributed by atoms with Crippen molar-refractivity contribution in [2.75, 3.05) is 5.32 Å². The van der Waals surface area contributed by atoms with Crippen LogP contribution in [0.2, 0.25) is 0 Å². The molecule has 1 amide bonds. The fraction of sp³-hybridized carbons (Fsp3) is 0.0909. The topological polar surface area (TPSA) is 55.1 Å². The van der Waals surface area contributed by atoms with Crippen molar-refractivity contribution in [2.24, 2.45) is 0 Å². The zero-order valence-electron chi connectivity index (χ0n) is 8.83. The van der Waals surface area contributed by atoms with Crippen molar-refractivity contribution in [1.82, 2.24) is 4.98 Å². The molecule has 6 heteroatoms. The summed E-state index contributed by atoms with van der Waals surface area (Å²) in [6, 6.07) is 2.86. The molecule has 0 spiro atoms. The Balaban J connectivity index is 2.18. The van der Waals surface area contributed by atoms with Crippen LogP contribution >= 0.6 is 0 Å². The average Bonchev–Trinajstić information content (AvgIpc) is 2.69. The summed E-state index contributed by atoms with van der Waals surface area (Å²) in [7, 11) is 0. The van der Waals surface area contributed by atoms with Crippen molar-refractivity contribution >= 4 is 11.6 Å². The third-order valence-corrected chi connectivity index (χ3v) is 2.02. The van der Waals surface area contributed by atoms with Crippen molar-refractivity contribution in [3.8, 4) is 0 Å². The largest absolute Gasteiger partial charge is 0.436 e. The lowest BCUT2D eigenvalue weighted by atomic mass is 10.3. The van der Waals surface area contributed by atoms with Crippen LogP contribution in [0.1, 0.15) is 16.4 Å². The number of nitrogens with zero attached hydrogens (tertiary/aromatic N) is 1. The molecule has 17 heavy (non-hydrogen) atoms. The Morgan fingerprint density at radius 2 is 2.18 bits per heavy atom. The van der Waals surface area contributed by atoms with Crippen molar-refractivity contribution in [3.63, 3.8) is 0 Å². The van der Waals surface area contributed by atoms with Gasteiger partial charge in [-0.3, -0.25) is 4.79 Å². The number of nitrogens with one attached hydrogen (secondary N) is 1. The van der Waals surface area contributed by atoms with Gasteiger partial charge in [0.25, 0.3) is 5.91 Å². The molecule has 0 radical (unpaired) electrons. The highest BCUT2D eigenvalue weighted by molar-refractivity contribution is 6.02. The van der Waals surface area contributed by atoms with Gasteiger partial charge in [-0.05, 0) is 12.1 Å². The second-order valence-corrected chi connectivity index (χ2v) is 3.32. The maximum atomic E-state index is 13.2. The van der Waals surface area contributed by atoms with E-state index in [4.69, 9.17) is 4.42 Å². The van der Waals surface area contributed by atoms with Gasteiger partial charge in [-0.15, -0.1) is 0 Å². The molecule has 0 aliphatic carbocycles. The van der Waals surface area contributed by atoms with Crippen LogP contribution < -0.4 is 5.32 Å². The number of halogens is 2. The Morgan fingerprint density at radius 1 is 1.41 bits per heavy atom. The van der Waals surface area contributed by atoms with Crippen molar-refractivity contribution in [1.29, 1.82) is 0 Å². The van der Waals surface area contributed by atoms with E-state index >= 15 is 0 Å². The van der Waals surface area contributed by atoms with Crippen LogP contribution in [0.5, 0.6) is 0 Å². The molecular formula is C11H8F2N2O2. The predicted octanol–water partition coefficient (Wildman–Crippen LogP) is 2.51. The number of anilines is 1. The van der Waals surface area contributed by atoms with Crippen LogP contribution in [-0.2, 0) is 0 Å². The molecule has 1 aromatic heterocycles. The summed E-state index contributed by atoms with van der Waals surface area (Å²) < 4.78 is 30.8. The van der Waals surface area contributed by atoms with Gasteiger partial charge in [-0.25, -0.2) is 13.8 Å². The summed E-state index contributed by atoms with van der Waals surface area (Å²) in [5, 5.41) is 2.25. The fourth-order valence-electron chi connectivity index (χ4n) is 1.24. The van der Waals surface area contributed by atoms with Crippen LogP contribution in [0, 0.1) is 18.6 Å². The first-order chi connectivity index (χ1) is 8.06. The minimum absolute atomic E-state index is 0.0359. The lowest BCUT2D eigenvalue weighted by Gasteiger charge is -2.03. The maximum Gasteiger partial charge on any atom is 0.293 e. The highest BCUT2D eigenvalue weighted by Gasteiger charge is 2.13. The van der Waals surface area contributed by atoms with E-state index in [2.05, 4.69) is 10.3 Å². The number of aryl methyl sites for hydroxylation is 1. The molecule has 1 N–H and O–H groups in total. The summed E-state index contributed by atoms with van der Waals surface area (Å²) in [5.41, 5.74) is -0.120. The molecule has 4 nitrogen and oxygen atoms in total. The summed E-state index contributed by atoms with van der Waals surface area (Å²) >= 11 is 0. The third kappa shape index (κ3) is 2.47. The summed E-state index contributed by atoms with van der Waals surface area (Å²) in [4.78, 5) is 15.3. The Kier molecular flexibility index (Phi) is 2.86. The third-order valence-electron chi connectivity index (χ3n) is 2.02. The molecule has 88 valence electrons. The van der Waals surface area contributed by atoms with Crippen LogP contribution in [0.25, 0.3) is 0 Å². The zero-order valence-corrected chi connectivity index (χ0v) is 8.83. The molecule has 0 bridgehead atoms. The molecule has 0 aliphatic heterocycles. The van der Waals surface area contributed by atoms with Crippen molar-refractivity contribution in [3.05, 3.63) is 47.7 Å². The van der Waals surface area contributed by atoms with Gasteiger partial charge < -0.3 is 9.73 Å². The van der Waals surface area contributed by atoms with Gasteiger partial charge in [0.2, 0.25) is 5.76 Å². The summed E-state index contributed by atoms with van der Waals surface area (Å²) in [6.07, 6.45) is 1.23. The number of carbonyl (C=O) groups excluding carboxylic acids is 1. The lowest BCUT2D eigenvalue weighted by Crippen LogP contribution is -2.12. The van der Waals surface area contributed by atoms with E-state index in [-0.39, 0.29) is 11.4 Å². The van der Waals surface area contributed by atoms with Crippen molar-refractivity contribution in [2.45, 2.75) is 6.92 Å². The van der Waals surface area contributed by atoms with Crippen molar-refractivity contribution < 1.29 is 18.0 Å². The van der Waals surface area contributed by atoms with E-state index in [1.807, 2.05) is 0 Å². The SMILES string of the molecule is Cc1ncc(C(=O)Nc2ccc(F)cc2F)o1. The van der Waals surface area contributed by atoms with Crippen LogP contribution in [0.15, 0.2) is 28.8 Å². The number of benzene rings is 1. The number of aromatic nitrogens is 1. The first-order valence-corrected chi connectivity index (χ1v) is 4.75. The highest BCUT2D eigenvalue weighted by atomic mass is 19.1. The van der Waals surface area contributed by atoms with Gasteiger partial charge in [0.1, 0.15) is 11.6 Å². The number of hydrogen-bond acceptors (Lipinski definition) is 3. The number of rotatable bonds is 2.